The third kappa shape index (κ3) is 1.86. The number of halogens is 2. The molecule has 0 amide bonds. The van der Waals surface area contributed by atoms with Crippen LogP contribution in [0.4, 0.5) is 0 Å². The summed E-state index contributed by atoms with van der Waals surface area (Å²) in [6.07, 6.45) is 0. The second kappa shape index (κ2) is 4.32. The number of hydrogen-bond donors (Lipinski definition) is 0. The van der Waals surface area contributed by atoms with Crippen molar-refractivity contribution in [1.29, 1.82) is 0 Å². The maximum atomic E-state index is 11.4. The summed E-state index contributed by atoms with van der Waals surface area (Å²) in [5.74, 6) is -0.427. The van der Waals surface area contributed by atoms with Gasteiger partial charge in [-0.05, 0) is 18.2 Å². The van der Waals surface area contributed by atoms with E-state index in [0.29, 0.717) is 15.6 Å². The quantitative estimate of drug-likeness (QED) is 0.721. The van der Waals surface area contributed by atoms with Gasteiger partial charge in [-0.1, -0.05) is 35.3 Å². The second-order valence-corrected chi connectivity index (χ2v) is 4.10. The number of carbonyl (C=O) groups excluding carboxylic acids is 1. The predicted octanol–water partition coefficient (Wildman–Crippen LogP) is 3.93. The molecule has 16 heavy (non-hydrogen) atoms. The molecule has 82 valence electrons. The largest absolute Gasteiger partial charge is 0.465 e. The first-order chi connectivity index (χ1) is 7.63. The monoisotopic (exact) mass is 254 g/mol. The molecule has 0 aliphatic heterocycles. The Kier molecular flexibility index (Phi) is 3.03. The van der Waals surface area contributed by atoms with E-state index in [1.807, 2.05) is 12.1 Å². The summed E-state index contributed by atoms with van der Waals surface area (Å²) in [4.78, 5) is 11.4. The van der Waals surface area contributed by atoms with Crippen LogP contribution in [0.3, 0.4) is 0 Å². The Hall–Kier alpha value is -1.25. The molecule has 0 spiro atoms. The SMILES string of the molecule is COC(=O)c1cc(Cl)c2cccc(Cl)c2c1. The van der Waals surface area contributed by atoms with E-state index >= 15 is 0 Å². The van der Waals surface area contributed by atoms with Crippen molar-refractivity contribution in [2.24, 2.45) is 0 Å². The van der Waals surface area contributed by atoms with Gasteiger partial charge in [-0.25, -0.2) is 4.79 Å². The number of methoxy groups -OCH3 is 1. The lowest BCUT2D eigenvalue weighted by molar-refractivity contribution is 0.0601. The third-order valence-electron chi connectivity index (χ3n) is 2.31. The number of benzene rings is 2. The van der Waals surface area contributed by atoms with Gasteiger partial charge in [-0.2, -0.15) is 0 Å². The summed E-state index contributed by atoms with van der Waals surface area (Å²) in [6, 6.07) is 8.67. The number of carbonyl (C=O) groups is 1. The number of hydrogen-bond acceptors (Lipinski definition) is 2. The van der Waals surface area contributed by atoms with Gasteiger partial charge in [0.05, 0.1) is 12.7 Å². The van der Waals surface area contributed by atoms with Gasteiger partial charge in [-0.3, -0.25) is 0 Å². The second-order valence-electron chi connectivity index (χ2n) is 3.28. The van der Waals surface area contributed by atoms with Crippen LogP contribution in [0.25, 0.3) is 10.8 Å². The molecule has 0 heterocycles. The molecule has 0 aliphatic rings. The van der Waals surface area contributed by atoms with Crippen molar-refractivity contribution in [2.45, 2.75) is 0 Å². The Labute approximate surface area is 103 Å². The molecular weight excluding hydrogens is 247 g/mol. The molecule has 0 atom stereocenters. The molecule has 0 N–H and O–H groups in total. The highest BCUT2D eigenvalue weighted by Gasteiger charge is 2.10. The normalized spacial score (nSPS) is 10.4. The highest BCUT2D eigenvalue weighted by molar-refractivity contribution is 6.40. The highest BCUT2D eigenvalue weighted by atomic mass is 35.5. The average molecular weight is 255 g/mol. The topological polar surface area (TPSA) is 26.3 Å². The van der Waals surface area contributed by atoms with E-state index in [1.165, 1.54) is 7.11 Å². The van der Waals surface area contributed by atoms with Crippen LogP contribution in [0.2, 0.25) is 10.0 Å². The van der Waals surface area contributed by atoms with Gasteiger partial charge in [0.25, 0.3) is 0 Å². The fourth-order valence-corrected chi connectivity index (χ4v) is 2.05. The Morgan fingerprint density at radius 3 is 2.56 bits per heavy atom. The Balaban J connectivity index is 2.75. The number of fused-ring (bicyclic) bond motifs is 1. The van der Waals surface area contributed by atoms with Crippen molar-refractivity contribution in [3.05, 3.63) is 45.9 Å². The molecule has 4 heteroatoms. The number of rotatable bonds is 1. The van der Waals surface area contributed by atoms with E-state index in [4.69, 9.17) is 23.2 Å². The molecule has 0 radical (unpaired) electrons. The first-order valence-electron chi connectivity index (χ1n) is 4.59. The molecule has 0 saturated carbocycles. The Bertz CT molecular complexity index is 564. The molecule has 2 nitrogen and oxygen atoms in total. The number of ether oxygens (including phenoxy) is 1. The van der Waals surface area contributed by atoms with Gasteiger partial charge >= 0.3 is 5.97 Å². The van der Waals surface area contributed by atoms with Gasteiger partial charge in [0.2, 0.25) is 0 Å². The van der Waals surface area contributed by atoms with Gasteiger partial charge < -0.3 is 4.74 Å². The van der Waals surface area contributed by atoms with E-state index in [9.17, 15) is 4.79 Å². The standard InChI is InChI=1S/C12H8Cl2O2/c1-16-12(15)7-5-9-8(11(14)6-7)3-2-4-10(9)13/h2-6H,1H3. The summed E-state index contributed by atoms with van der Waals surface area (Å²) in [5, 5.41) is 2.62. The molecule has 2 rings (SSSR count). The first kappa shape index (κ1) is 11.2. The van der Waals surface area contributed by atoms with Crippen LogP contribution in [0, 0.1) is 0 Å². The maximum absolute atomic E-state index is 11.4. The smallest absolute Gasteiger partial charge is 0.337 e. The lowest BCUT2D eigenvalue weighted by Crippen LogP contribution is -2.00. The van der Waals surface area contributed by atoms with E-state index in [1.54, 1.807) is 18.2 Å². The van der Waals surface area contributed by atoms with Crippen molar-refractivity contribution in [1.82, 2.24) is 0 Å². The average Bonchev–Trinajstić information content (AvgIpc) is 2.29. The van der Waals surface area contributed by atoms with Gasteiger partial charge in [0.1, 0.15) is 0 Å². The first-order valence-corrected chi connectivity index (χ1v) is 5.35. The van der Waals surface area contributed by atoms with E-state index in [2.05, 4.69) is 4.74 Å². The fraction of sp³-hybridized carbons (Fsp3) is 0.0833. The minimum absolute atomic E-state index is 0.396. The predicted molar refractivity (Wildman–Crippen MR) is 65.3 cm³/mol. The van der Waals surface area contributed by atoms with Gasteiger partial charge in [0, 0.05) is 20.8 Å². The molecule has 2 aromatic carbocycles. The van der Waals surface area contributed by atoms with Crippen LogP contribution in [-0.4, -0.2) is 13.1 Å². The lowest BCUT2D eigenvalue weighted by atomic mass is 10.1. The van der Waals surface area contributed by atoms with Gasteiger partial charge in [0.15, 0.2) is 0 Å². The van der Waals surface area contributed by atoms with Crippen LogP contribution >= 0.6 is 23.2 Å². The van der Waals surface area contributed by atoms with Gasteiger partial charge in [-0.15, -0.1) is 0 Å². The fourth-order valence-electron chi connectivity index (χ4n) is 1.54. The van der Waals surface area contributed by atoms with E-state index < -0.39 is 5.97 Å². The zero-order chi connectivity index (χ0) is 11.7. The molecular formula is C12H8Cl2O2. The summed E-state index contributed by atoms with van der Waals surface area (Å²) in [6.45, 7) is 0. The molecule has 0 saturated heterocycles. The van der Waals surface area contributed by atoms with E-state index in [0.717, 1.165) is 10.8 Å². The summed E-state index contributed by atoms with van der Waals surface area (Å²) in [5.41, 5.74) is 0.396. The molecule has 0 fully saturated rings. The molecule has 2 aromatic rings. The Morgan fingerprint density at radius 1 is 1.12 bits per heavy atom. The van der Waals surface area contributed by atoms with Crippen LogP contribution < -0.4 is 0 Å². The zero-order valence-electron chi connectivity index (χ0n) is 8.46. The van der Waals surface area contributed by atoms with Crippen molar-refractivity contribution < 1.29 is 9.53 Å². The van der Waals surface area contributed by atoms with Crippen LogP contribution in [-0.2, 0) is 4.74 Å². The molecule has 0 aliphatic carbocycles. The van der Waals surface area contributed by atoms with Crippen molar-refractivity contribution in [3.8, 4) is 0 Å². The van der Waals surface area contributed by atoms with Crippen molar-refractivity contribution >= 4 is 39.9 Å². The molecule has 0 aromatic heterocycles. The zero-order valence-corrected chi connectivity index (χ0v) is 9.97. The number of esters is 1. The van der Waals surface area contributed by atoms with Crippen molar-refractivity contribution in [3.63, 3.8) is 0 Å². The van der Waals surface area contributed by atoms with E-state index in [-0.39, 0.29) is 0 Å². The minimum atomic E-state index is -0.427. The van der Waals surface area contributed by atoms with Crippen LogP contribution in [0.1, 0.15) is 10.4 Å². The molecule has 0 bridgehead atoms. The lowest BCUT2D eigenvalue weighted by Gasteiger charge is -2.05. The summed E-state index contributed by atoms with van der Waals surface area (Å²) in [7, 11) is 1.33. The molecule has 0 unspecified atom stereocenters. The summed E-state index contributed by atoms with van der Waals surface area (Å²) >= 11 is 12.1. The Morgan fingerprint density at radius 2 is 1.88 bits per heavy atom. The third-order valence-corrected chi connectivity index (χ3v) is 2.96. The van der Waals surface area contributed by atoms with Crippen LogP contribution in [0.15, 0.2) is 30.3 Å². The van der Waals surface area contributed by atoms with Crippen LogP contribution in [0.5, 0.6) is 0 Å². The maximum Gasteiger partial charge on any atom is 0.337 e. The summed E-state index contributed by atoms with van der Waals surface area (Å²) < 4.78 is 4.64. The highest BCUT2D eigenvalue weighted by Crippen LogP contribution is 2.30. The minimum Gasteiger partial charge on any atom is -0.465 e. The van der Waals surface area contributed by atoms with Crippen molar-refractivity contribution in [2.75, 3.05) is 7.11 Å².